The van der Waals surface area contributed by atoms with Crippen LogP contribution >= 0.6 is 0 Å². The Kier molecular flexibility index (Phi) is 6.10. The minimum absolute atomic E-state index is 0.0286. The van der Waals surface area contributed by atoms with Crippen molar-refractivity contribution in [2.45, 2.75) is 70.1 Å². The van der Waals surface area contributed by atoms with Crippen molar-refractivity contribution < 1.29 is 9.59 Å². The Morgan fingerprint density at radius 2 is 1.79 bits per heavy atom. The Morgan fingerprint density at radius 3 is 2.39 bits per heavy atom. The molecule has 1 aromatic rings. The van der Waals surface area contributed by atoms with E-state index in [2.05, 4.69) is 22.8 Å². The van der Waals surface area contributed by atoms with E-state index < -0.39 is 0 Å². The summed E-state index contributed by atoms with van der Waals surface area (Å²) in [5.41, 5.74) is 2.46. The smallest absolute Gasteiger partial charge is 0.246 e. The van der Waals surface area contributed by atoms with Crippen LogP contribution < -0.4 is 10.6 Å². The summed E-state index contributed by atoms with van der Waals surface area (Å²) < 4.78 is 0. The number of carbonyl (C=O) groups is 2. The van der Waals surface area contributed by atoms with Gasteiger partial charge in [0.25, 0.3) is 0 Å². The molecule has 0 bridgehead atoms. The molecule has 0 radical (unpaired) electrons. The van der Waals surface area contributed by atoms with Gasteiger partial charge in [-0.3, -0.25) is 9.59 Å². The van der Waals surface area contributed by atoms with Gasteiger partial charge in [0.1, 0.15) is 0 Å². The molecule has 5 heteroatoms. The highest BCUT2D eigenvalue weighted by Crippen LogP contribution is 2.28. The first-order valence-corrected chi connectivity index (χ1v) is 10.8. The summed E-state index contributed by atoms with van der Waals surface area (Å²) in [5.74, 6) is 0.739. The Hall–Kier alpha value is -2.14. The van der Waals surface area contributed by atoms with Crippen molar-refractivity contribution in [1.82, 2.24) is 15.5 Å². The quantitative estimate of drug-likeness (QED) is 0.745. The molecule has 150 valence electrons. The molecule has 0 spiro atoms. The largest absolute Gasteiger partial charge is 0.349 e. The van der Waals surface area contributed by atoms with Gasteiger partial charge in [0.15, 0.2) is 0 Å². The van der Waals surface area contributed by atoms with Crippen molar-refractivity contribution in [3.05, 3.63) is 47.5 Å². The lowest BCUT2D eigenvalue weighted by Crippen LogP contribution is -2.55. The molecule has 2 unspecified atom stereocenters. The van der Waals surface area contributed by atoms with Crippen molar-refractivity contribution in [2.24, 2.45) is 5.92 Å². The zero-order valence-corrected chi connectivity index (χ0v) is 16.5. The van der Waals surface area contributed by atoms with E-state index in [-0.39, 0.29) is 23.9 Å². The molecule has 2 aliphatic heterocycles. The summed E-state index contributed by atoms with van der Waals surface area (Å²) in [4.78, 5) is 27.0. The fourth-order valence-electron chi connectivity index (χ4n) is 4.56. The molecule has 1 aliphatic carbocycles. The molecular formula is C23H31N3O2. The van der Waals surface area contributed by atoms with Crippen LogP contribution in [0.5, 0.6) is 0 Å². The monoisotopic (exact) mass is 381 g/mol. The topological polar surface area (TPSA) is 61.4 Å². The fourth-order valence-corrected chi connectivity index (χ4v) is 4.56. The van der Waals surface area contributed by atoms with Crippen LogP contribution in [0.4, 0.5) is 0 Å². The number of hydrogen-bond acceptors (Lipinski definition) is 3. The summed E-state index contributed by atoms with van der Waals surface area (Å²) >= 11 is 0. The molecule has 28 heavy (non-hydrogen) atoms. The van der Waals surface area contributed by atoms with Crippen molar-refractivity contribution in [3.8, 4) is 0 Å². The van der Waals surface area contributed by atoms with Gasteiger partial charge in [0.05, 0.1) is 6.04 Å². The van der Waals surface area contributed by atoms with Gasteiger partial charge < -0.3 is 15.5 Å². The third kappa shape index (κ3) is 4.64. The van der Waals surface area contributed by atoms with E-state index in [4.69, 9.17) is 0 Å². The summed E-state index contributed by atoms with van der Waals surface area (Å²) in [6, 6.07) is 8.09. The number of fused-ring (bicyclic) bond motifs is 1. The van der Waals surface area contributed by atoms with Gasteiger partial charge >= 0.3 is 0 Å². The average Bonchev–Trinajstić information content (AvgIpc) is 3.09. The molecule has 2 atom stereocenters. The second-order valence-corrected chi connectivity index (χ2v) is 8.47. The molecule has 2 heterocycles. The number of nitrogens with one attached hydrogen (secondary N) is 2. The maximum Gasteiger partial charge on any atom is 0.246 e. The molecule has 5 nitrogen and oxygen atoms in total. The first kappa shape index (κ1) is 19.2. The molecule has 3 aliphatic rings. The molecule has 2 amide bonds. The lowest BCUT2D eigenvalue weighted by molar-refractivity contribution is -0.127. The van der Waals surface area contributed by atoms with Crippen LogP contribution in [0, 0.1) is 5.92 Å². The van der Waals surface area contributed by atoms with Crippen LogP contribution in [-0.2, 0) is 22.7 Å². The normalized spacial score (nSPS) is 23.3. The van der Waals surface area contributed by atoms with Crippen LogP contribution in [0.15, 0.2) is 36.4 Å². The van der Waals surface area contributed by atoms with E-state index in [1.165, 1.54) is 43.2 Å². The zero-order chi connectivity index (χ0) is 19.3. The predicted octanol–water partition coefficient (Wildman–Crippen LogP) is 2.90. The molecule has 4 rings (SSSR count). The van der Waals surface area contributed by atoms with Crippen LogP contribution in [0.2, 0.25) is 0 Å². The summed E-state index contributed by atoms with van der Waals surface area (Å²) in [7, 11) is 0. The molecule has 1 aromatic carbocycles. The second kappa shape index (κ2) is 8.91. The van der Waals surface area contributed by atoms with E-state index in [9.17, 15) is 9.59 Å². The number of nitrogens with zero attached hydrogens (tertiary/aromatic N) is 1. The molecule has 2 N–H and O–H groups in total. The highest BCUT2D eigenvalue weighted by Gasteiger charge is 2.27. The number of amides is 2. The maximum atomic E-state index is 12.7. The first-order chi connectivity index (χ1) is 13.7. The van der Waals surface area contributed by atoms with E-state index in [0.717, 1.165) is 19.4 Å². The van der Waals surface area contributed by atoms with E-state index in [1.807, 2.05) is 23.1 Å². The van der Waals surface area contributed by atoms with Crippen LogP contribution in [-0.4, -0.2) is 35.3 Å². The second-order valence-electron chi connectivity index (χ2n) is 8.47. The van der Waals surface area contributed by atoms with E-state index in [1.54, 1.807) is 6.08 Å². The predicted molar refractivity (Wildman–Crippen MR) is 109 cm³/mol. The average molecular weight is 382 g/mol. The molecule has 2 fully saturated rings. The van der Waals surface area contributed by atoms with Gasteiger partial charge in [-0.1, -0.05) is 62.4 Å². The standard InChI is InChI=1S/C23H31N3O2/c27-22(26-15-18-8-4-5-9-19(18)16-26)11-10-20(14-17-6-2-1-3-7-17)25-23(28)21-12-13-24-21/h4-5,8-11,17,20-21,24H,1-3,6-7,12-16H2,(H,25,28). The summed E-state index contributed by atoms with van der Waals surface area (Å²) in [6.07, 6.45) is 11.8. The van der Waals surface area contributed by atoms with Gasteiger partial charge in [-0.15, -0.1) is 0 Å². The number of carbonyl (C=O) groups excluding carboxylic acids is 2. The van der Waals surface area contributed by atoms with E-state index >= 15 is 0 Å². The first-order valence-electron chi connectivity index (χ1n) is 10.8. The molecule has 0 aromatic heterocycles. The van der Waals surface area contributed by atoms with Crippen molar-refractivity contribution in [3.63, 3.8) is 0 Å². The lowest BCUT2D eigenvalue weighted by atomic mass is 9.84. The SMILES string of the molecule is O=C(NC(C=CC(=O)N1Cc2ccccc2C1)CC1CCCCC1)C1CCN1. The Labute approximate surface area is 167 Å². The molecule has 1 saturated carbocycles. The lowest BCUT2D eigenvalue weighted by Gasteiger charge is -2.30. The number of hydrogen-bond donors (Lipinski definition) is 2. The van der Waals surface area contributed by atoms with Crippen LogP contribution in [0.25, 0.3) is 0 Å². The minimum atomic E-state index is -0.0639. The number of rotatable bonds is 6. The van der Waals surface area contributed by atoms with E-state index in [0.29, 0.717) is 19.0 Å². The van der Waals surface area contributed by atoms with Crippen LogP contribution in [0.1, 0.15) is 56.1 Å². The summed E-state index contributed by atoms with van der Waals surface area (Å²) in [6.45, 7) is 2.26. The van der Waals surface area contributed by atoms with Crippen molar-refractivity contribution in [1.29, 1.82) is 0 Å². The third-order valence-electron chi connectivity index (χ3n) is 6.40. The molecular weight excluding hydrogens is 350 g/mol. The minimum Gasteiger partial charge on any atom is -0.349 e. The van der Waals surface area contributed by atoms with Crippen molar-refractivity contribution >= 4 is 11.8 Å². The van der Waals surface area contributed by atoms with Gasteiger partial charge in [0.2, 0.25) is 11.8 Å². The maximum absolute atomic E-state index is 12.7. The Balaban J connectivity index is 1.37. The fraction of sp³-hybridized carbons (Fsp3) is 0.565. The Morgan fingerprint density at radius 1 is 1.11 bits per heavy atom. The van der Waals surface area contributed by atoms with Gasteiger partial charge in [-0.05, 0) is 36.4 Å². The van der Waals surface area contributed by atoms with Gasteiger partial charge in [0, 0.05) is 25.2 Å². The van der Waals surface area contributed by atoms with Gasteiger partial charge in [-0.2, -0.15) is 0 Å². The van der Waals surface area contributed by atoms with Gasteiger partial charge in [-0.25, -0.2) is 0 Å². The molecule has 1 saturated heterocycles. The third-order valence-corrected chi connectivity index (χ3v) is 6.40. The zero-order valence-electron chi connectivity index (χ0n) is 16.5. The van der Waals surface area contributed by atoms with Crippen LogP contribution in [0.3, 0.4) is 0 Å². The number of benzene rings is 1. The highest BCUT2D eigenvalue weighted by atomic mass is 16.2. The Bertz CT molecular complexity index is 710. The summed E-state index contributed by atoms with van der Waals surface area (Å²) in [5, 5.41) is 6.33. The highest BCUT2D eigenvalue weighted by molar-refractivity contribution is 5.88. The van der Waals surface area contributed by atoms with Crippen molar-refractivity contribution in [2.75, 3.05) is 6.54 Å².